The Hall–Kier alpha value is -2.53. The van der Waals surface area contributed by atoms with Crippen LogP contribution in [-0.4, -0.2) is 22.1 Å². The molecule has 27 heavy (non-hydrogen) atoms. The van der Waals surface area contributed by atoms with Crippen LogP contribution in [0.1, 0.15) is 37.7 Å². The number of nitrogens with zero attached hydrogens (tertiary/aromatic N) is 2. The summed E-state index contributed by atoms with van der Waals surface area (Å²) in [5, 5.41) is 2.35. The van der Waals surface area contributed by atoms with E-state index in [0.717, 1.165) is 29.3 Å². The van der Waals surface area contributed by atoms with E-state index in [1.54, 1.807) is 5.01 Å². The van der Waals surface area contributed by atoms with Crippen LogP contribution in [0.4, 0.5) is 5.69 Å². The Morgan fingerprint density at radius 3 is 2.33 bits per heavy atom. The zero-order valence-corrected chi connectivity index (χ0v) is 16.0. The van der Waals surface area contributed by atoms with Crippen molar-refractivity contribution in [2.45, 2.75) is 38.1 Å². The van der Waals surface area contributed by atoms with Gasteiger partial charge in [-0.1, -0.05) is 67.8 Å². The zero-order valence-electron chi connectivity index (χ0n) is 15.2. The highest BCUT2D eigenvalue weighted by Gasteiger charge is 2.34. The van der Waals surface area contributed by atoms with E-state index in [-0.39, 0.29) is 5.91 Å². The van der Waals surface area contributed by atoms with Gasteiger partial charge in [-0.15, -0.1) is 0 Å². The largest absolute Gasteiger partial charge is 0.289 e. The van der Waals surface area contributed by atoms with Crippen LogP contribution in [0.15, 0.2) is 70.6 Å². The molecule has 1 saturated carbocycles. The molecule has 0 spiro atoms. The molecule has 5 heteroatoms. The van der Waals surface area contributed by atoms with Gasteiger partial charge in [0.25, 0.3) is 5.91 Å². The van der Waals surface area contributed by atoms with Gasteiger partial charge < -0.3 is 0 Å². The van der Waals surface area contributed by atoms with Gasteiger partial charge in [-0.3, -0.25) is 15.2 Å². The summed E-state index contributed by atoms with van der Waals surface area (Å²) >= 11 is 1.46. The second-order valence-electron chi connectivity index (χ2n) is 6.84. The summed E-state index contributed by atoms with van der Waals surface area (Å²) in [5.41, 5.74) is 5.14. The molecule has 0 atom stereocenters. The molecule has 1 N–H and O–H groups in total. The summed E-state index contributed by atoms with van der Waals surface area (Å²) in [6.45, 7) is 0. The minimum Gasteiger partial charge on any atom is -0.289 e. The minimum absolute atomic E-state index is 0.0535. The first-order valence-electron chi connectivity index (χ1n) is 9.48. The van der Waals surface area contributed by atoms with Crippen molar-refractivity contribution in [3.05, 3.63) is 71.1 Å². The molecule has 1 heterocycles. The normalized spacial score (nSPS) is 21.2. The van der Waals surface area contributed by atoms with E-state index in [0.29, 0.717) is 10.9 Å². The summed E-state index contributed by atoms with van der Waals surface area (Å²) in [6, 6.07) is 20.0. The summed E-state index contributed by atoms with van der Waals surface area (Å²) in [6.07, 6.45) is 7.89. The number of para-hydroxylation sites is 1. The Balaban J connectivity index is 1.62. The minimum atomic E-state index is -0.0535. The van der Waals surface area contributed by atoms with Gasteiger partial charge in [0.15, 0.2) is 5.17 Å². The summed E-state index contributed by atoms with van der Waals surface area (Å²) < 4.78 is 0. The number of hydrogen-bond donors (Lipinski definition) is 1. The fourth-order valence-corrected chi connectivity index (χ4v) is 4.36. The van der Waals surface area contributed by atoms with Gasteiger partial charge in [0, 0.05) is 0 Å². The zero-order chi connectivity index (χ0) is 18.5. The van der Waals surface area contributed by atoms with Crippen LogP contribution in [0.5, 0.6) is 0 Å². The van der Waals surface area contributed by atoms with Crippen molar-refractivity contribution in [2.75, 3.05) is 5.43 Å². The third-order valence-electron chi connectivity index (χ3n) is 4.79. The van der Waals surface area contributed by atoms with Crippen LogP contribution >= 0.6 is 11.8 Å². The Labute approximate surface area is 164 Å². The number of rotatable bonds is 4. The lowest BCUT2D eigenvalue weighted by Crippen LogP contribution is -2.35. The maximum absolute atomic E-state index is 13.1. The van der Waals surface area contributed by atoms with E-state index in [9.17, 15) is 4.79 Å². The number of nitrogens with one attached hydrogen (secondary N) is 1. The highest BCUT2D eigenvalue weighted by atomic mass is 32.2. The van der Waals surface area contributed by atoms with Crippen LogP contribution < -0.4 is 5.43 Å². The number of carbonyl (C=O) groups excluding carboxylic acids is 1. The van der Waals surface area contributed by atoms with E-state index in [4.69, 9.17) is 4.99 Å². The number of aliphatic imine (C=N–C) groups is 1. The maximum atomic E-state index is 13.1. The van der Waals surface area contributed by atoms with Crippen LogP contribution in [0.3, 0.4) is 0 Å². The third kappa shape index (κ3) is 4.42. The van der Waals surface area contributed by atoms with E-state index in [1.165, 1.54) is 31.0 Å². The fraction of sp³-hybridized carbons (Fsp3) is 0.273. The summed E-state index contributed by atoms with van der Waals surface area (Å²) in [5.74, 6) is -0.0535. The van der Waals surface area contributed by atoms with Gasteiger partial charge in [0.2, 0.25) is 0 Å². The molecule has 2 aliphatic rings. The average Bonchev–Trinajstić information content (AvgIpc) is 2.99. The molecule has 2 aromatic rings. The van der Waals surface area contributed by atoms with Crippen LogP contribution in [0.2, 0.25) is 0 Å². The first-order chi connectivity index (χ1) is 13.3. The van der Waals surface area contributed by atoms with E-state index >= 15 is 0 Å². The molecule has 0 bridgehead atoms. The van der Waals surface area contributed by atoms with Gasteiger partial charge in [-0.25, -0.2) is 0 Å². The van der Waals surface area contributed by atoms with Crippen molar-refractivity contribution in [1.82, 2.24) is 5.01 Å². The number of benzene rings is 2. The van der Waals surface area contributed by atoms with Crippen molar-refractivity contribution in [1.29, 1.82) is 0 Å². The smallest absolute Gasteiger partial charge is 0.285 e. The quantitative estimate of drug-likeness (QED) is 0.734. The molecule has 1 amide bonds. The van der Waals surface area contributed by atoms with Crippen molar-refractivity contribution >= 4 is 34.6 Å². The molecule has 4 nitrogen and oxygen atoms in total. The monoisotopic (exact) mass is 377 g/mol. The predicted octanol–water partition coefficient (Wildman–Crippen LogP) is 5.32. The van der Waals surface area contributed by atoms with Gasteiger partial charge in [-0.2, -0.15) is 5.01 Å². The third-order valence-corrected chi connectivity index (χ3v) is 5.77. The lowest BCUT2D eigenvalue weighted by molar-refractivity contribution is -0.121. The van der Waals surface area contributed by atoms with E-state index in [1.807, 2.05) is 66.7 Å². The maximum Gasteiger partial charge on any atom is 0.285 e. The number of amidine groups is 1. The number of carbonyl (C=O) groups is 1. The van der Waals surface area contributed by atoms with Crippen molar-refractivity contribution in [3.63, 3.8) is 0 Å². The van der Waals surface area contributed by atoms with Crippen LogP contribution in [0.25, 0.3) is 6.08 Å². The van der Waals surface area contributed by atoms with Crippen LogP contribution in [-0.2, 0) is 4.79 Å². The number of anilines is 1. The molecular weight excluding hydrogens is 354 g/mol. The Morgan fingerprint density at radius 2 is 1.63 bits per heavy atom. The van der Waals surface area contributed by atoms with Gasteiger partial charge in [-0.05, 0) is 48.4 Å². The van der Waals surface area contributed by atoms with Crippen molar-refractivity contribution in [3.8, 4) is 0 Å². The molecule has 1 aliphatic carbocycles. The topological polar surface area (TPSA) is 44.7 Å². The Morgan fingerprint density at radius 1 is 0.963 bits per heavy atom. The molecule has 0 unspecified atom stereocenters. The number of hydrazine groups is 1. The second-order valence-corrected chi connectivity index (χ2v) is 7.85. The Bertz CT molecular complexity index is 842. The molecule has 2 aromatic carbocycles. The van der Waals surface area contributed by atoms with Crippen molar-refractivity contribution in [2.24, 2.45) is 4.99 Å². The molecule has 1 aliphatic heterocycles. The van der Waals surface area contributed by atoms with Crippen molar-refractivity contribution < 1.29 is 4.79 Å². The first kappa shape index (κ1) is 17.9. The lowest BCUT2D eigenvalue weighted by Gasteiger charge is -2.22. The highest BCUT2D eigenvalue weighted by molar-refractivity contribution is 8.18. The van der Waals surface area contributed by atoms with Gasteiger partial charge in [0.05, 0.1) is 16.6 Å². The molecule has 1 saturated heterocycles. The van der Waals surface area contributed by atoms with Gasteiger partial charge >= 0.3 is 0 Å². The highest BCUT2D eigenvalue weighted by Crippen LogP contribution is 2.34. The molecule has 0 aromatic heterocycles. The lowest BCUT2D eigenvalue weighted by atomic mass is 9.96. The number of hydrogen-bond acceptors (Lipinski definition) is 4. The summed E-state index contributed by atoms with van der Waals surface area (Å²) in [4.78, 5) is 18.7. The number of thioether (sulfide) groups is 1. The fourth-order valence-electron chi connectivity index (χ4n) is 3.37. The molecular formula is C22H23N3OS. The van der Waals surface area contributed by atoms with E-state index < -0.39 is 0 Å². The standard InChI is InChI=1S/C22H23N3OS/c26-21-20(16-17-10-4-1-5-11-17)27-22(23-18-12-6-2-7-13-18)25(21)24-19-14-8-3-9-15-19/h1,3-5,8-11,14-16,18,24H,2,6-7,12-13H2/b20-16-,23-22?. The SMILES string of the molecule is O=C1/C(=C/c2ccccc2)SC(=NC2CCCCC2)N1Nc1ccccc1. The molecule has 138 valence electrons. The second kappa shape index (κ2) is 8.44. The summed E-state index contributed by atoms with van der Waals surface area (Å²) in [7, 11) is 0. The van der Waals surface area contributed by atoms with Gasteiger partial charge in [0.1, 0.15) is 0 Å². The first-order valence-corrected chi connectivity index (χ1v) is 10.3. The molecule has 4 rings (SSSR count). The van der Waals surface area contributed by atoms with Crippen LogP contribution in [0, 0.1) is 0 Å². The van der Waals surface area contributed by atoms with E-state index in [2.05, 4.69) is 5.43 Å². The molecule has 0 radical (unpaired) electrons. The predicted molar refractivity (Wildman–Crippen MR) is 113 cm³/mol. The molecule has 2 fully saturated rings. The average molecular weight is 378 g/mol. The number of amides is 1. The Kier molecular flexibility index (Phi) is 5.58.